The number of aryl methyl sites for hydroxylation is 1. The molecule has 0 aliphatic carbocycles. The number of nitrogens with zero attached hydrogens (tertiary/aromatic N) is 2. The number of ketones is 1. The summed E-state index contributed by atoms with van der Waals surface area (Å²) in [6, 6.07) is 27.6. The summed E-state index contributed by atoms with van der Waals surface area (Å²) in [5.41, 5.74) is 4.12. The first-order valence-electron chi connectivity index (χ1n) is 13.1. The topological polar surface area (TPSA) is 77.8 Å². The molecule has 0 atom stereocenters. The maximum absolute atomic E-state index is 13.0. The Balaban J connectivity index is 1.44. The zero-order valence-corrected chi connectivity index (χ0v) is 22.7. The van der Waals surface area contributed by atoms with Crippen molar-refractivity contribution in [2.24, 2.45) is 0 Å². The second-order valence-electron chi connectivity index (χ2n) is 9.23. The number of allylic oxidation sites excluding steroid dienone is 1. The fourth-order valence-corrected chi connectivity index (χ4v) is 4.15. The van der Waals surface area contributed by atoms with Gasteiger partial charge in [0.1, 0.15) is 12.3 Å². The summed E-state index contributed by atoms with van der Waals surface area (Å²) >= 11 is 0. The van der Waals surface area contributed by atoms with E-state index in [9.17, 15) is 14.4 Å². The van der Waals surface area contributed by atoms with Gasteiger partial charge in [0.05, 0.1) is 12.3 Å². The molecule has 0 spiro atoms. The van der Waals surface area contributed by atoms with Crippen LogP contribution in [0, 0.1) is 6.92 Å². The molecule has 7 heteroatoms. The number of benzene rings is 3. The van der Waals surface area contributed by atoms with Crippen molar-refractivity contribution in [3.05, 3.63) is 131 Å². The number of carbonyl (C=O) groups excluding carboxylic acids is 3. The fraction of sp³-hybridized carbons (Fsp3) is 0.182. The number of esters is 1. The van der Waals surface area contributed by atoms with Crippen molar-refractivity contribution in [1.29, 1.82) is 0 Å². The lowest BCUT2D eigenvalue weighted by atomic mass is 10.1. The van der Waals surface area contributed by atoms with E-state index in [1.165, 1.54) is 4.90 Å². The molecule has 4 aromatic rings. The van der Waals surface area contributed by atoms with E-state index in [0.717, 1.165) is 16.7 Å². The van der Waals surface area contributed by atoms with E-state index in [0.29, 0.717) is 23.6 Å². The van der Waals surface area contributed by atoms with Crippen LogP contribution in [0.5, 0.6) is 5.75 Å². The molecule has 3 aromatic carbocycles. The number of hydrogen-bond acceptors (Lipinski definition) is 5. The monoisotopic (exact) mass is 536 g/mol. The Hall–Kier alpha value is -4.91. The fourth-order valence-electron chi connectivity index (χ4n) is 4.15. The smallest absolute Gasteiger partial charge is 0.416 e. The van der Waals surface area contributed by atoms with Crippen LogP contribution in [0.2, 0.25) is 0 Å². The van der Waals surface area contributed by atoms with Crippen molar-refractivity contribution in [2.75, 3.05) is 13.2 Å². The van der Waals surface area contributed by atoms with Crippen molar-refractivity contribution >= 4 is 23.9 Å². The molecule has 0 aliphatic rings. The number of para-hydroxylation sites is 1. The molecular weight excluding hydrogens is 504 g/mol. The SMILES string of the molecule is CCOC(=O)CN(Cc1cccc(/C=C/Cn2cccc2C(=O)c2ccc(C)cc2)c1)C(=O)Oc1ccccc1. The van der Waals surface area contributed by atoms with Crippen LogP contribution in [0.4, 0.5) is 4.79 Å². The molecule has 204 valence electrons. The van der Waals surface area contributed by atoms with Crippen LogP contribution in [0.15, 0.2) is 103 Å². The quantitative estimate of drug-likeness (QED) is 0.166. The molecule has 0 N–H and O–H groups in total. The summed E-state index contributed by atoms with van der Waals surface area (Å²) in [6.45, 7) is 4.38. The van der Waals surface area contributed by atoms with Crippen LogP contribution < -0.4 is 4.74 Å². The predicted octanol–water partition coefficient (Wildman–Crippen LogP) is 6.31. The van der Waals surface area contributed by atoms with Crippen molar-refractivity contribution in [3.8, 4) is 5.75 Å². The Kier molecular flexibility index (Phi) is 9.67. The lowest BCUT2D eigenvalue weighted by Crippen LogP contribution is -2.38. The maximum atomic E-state index is 13.0. The number of carbonyl (C=O) groups is 3. The molecule has 1 heterocycles. The normalized spacial score (nSPS) is 10.8. The molecule has 0 radical (unpaired) electrons. The summed E-state index contributed by atoms with van der Waals surface area (Å²) in [5, 5.41) is 0. The van der Waals surface area contributed by atoms with Gasteiger partial charge < -0.3 is 14.0 Å². The minimum absolute atomic E-state index is 0.0236. The summed E-state index contributed by atoms with van der Waals surface area (Å²) in [7, 11) is 0. The molecule has 0 aliphatic heterocycles. The highest BCUT2D eigenvalue weighted by molar-refractivity contribution is 6.08. The van der Waals surface area contributed by atoms with Gasteiger partial charge in [0, 0.05) is 24.8 Å². The number of rotatable bonds is 11. The predicted molar refractivity (Wildman–Crippen MR) is 154 cm³/mol. The van der Waals surface area contributed by atoms with E-state index in [-0.39, 0.29) is 25.5 Å². The lowest BCUT2D eigenvalue weighted by Gasteiger charge is -2.21. The van der Waals surface area contributed by atoms with Gasteiger partial charge in [-0.15, -0.1) is 0 Å². The van der Waals surface area contributed by atoms with Crippen LogP contribution in [-0.2, 0) is 22.6 Å². The van der Waals surface area contributed by atoms with Crippen LogP contribution in [0.1, 0.15) is 39.7 Å². The summed E-state index contributed by atoms with van der Waals surface area (Å²) in [6.07, 6.45) is 5.18. The molecule has 7 nitrogen and oxygen atoms in total. The minimum Gasteiger partial charge on any atom is -0.465 e. The van der Waals surface area contributed by atoms with Crippen LogP contribution in [0.25, 0.3) is 6.08 Å². The molecule has 1 amide bonds. The Labute approximate surface area is 234 Å². The summed E-state index contributed by atoms with van der Waals surface area (Å²) < 4.78 is 12.4. The van der Waals surface area contributed by atoms with Crippen LogP contribution in [-0.4, -0.2) is 40.5 Å². The molecule has 4 rings (SSSR count). The van der Waals surface area contributed by atoms with Gasteiger partial charge in [0.25, 0.3) is 0 Å². The van der Waals surface area contributed by atoms with Gasteiger partial charge in [0.2, 0.25) is 5.78 Å². The van der Waals surface area contributed by atoms with Crippen molar-refractivity contribution in [2.45, 2.75) is 26.9 Å². The average Bonchev–Trinajstić information content (AvgIpc) is 3.42. The number of ether oxygens (including phenoxy) is 2. The molecule has 0 saturated heterocycles. The zero-order valence-electron chi connectivity index (χ0n) is 22.7. The van der Waals surface area contributed by atoms with Gasteiger partial charge in [-0.1, -0.05) is 78.4 Å². The zero-order chi connectivity index (χ0) is 28.3. The molecule has 0 saturated carbocycles. The van der Waals surface area contributed by atoms with Crippen molar-refractivity contribution in [1.82, 2.24) is 9.47 Å². The number of amides is 1. The van der Waals surface area contributed by atoms with Crippen LogP contribution >= 0.6 is 0 Å². The highest BCUT2D eigenvalue weighted by Crippen LogP contribution is 2.16. The second-order valence-corrected chi connectivity index (χ2v) is 9.23. The van der Waals surface area contributed by atoms with E-state index >= 15 is 0 Å². The van der Waals surface area contributed by atoms with Gasteiger partial charge in [-0.05, 0) is 55.3 Å². The summed E-state index contributed by atoms with van der Waals surface area (Å²) in [4.78, 5) is 39.4. The average molecular weight is 537 g/mol. The molecular formula is C33H32N2O5. The molecule has 1 aromatic heterocycles. The highest BCUT2D eigenvalue weighted by atomic mass is 16.6. The van der Waals surface area contributed by atoms with E-state index in [2.05, 4.69) is 0 Å². The van der Waals surface area contributed by atoms with E-state index in [1.807, 2.05) is 96.6 Å². The van der Waals surface area contributed by atoms with Gasteiger partial charge >= 0.3 is 12.1 Å². The standard InChI is InChI=1S/C33H32N2O5/c1-3-39-31(36)24-35(33(38)40-29-13-5-4-6-14-29)23-27-11-7-10-26(22-27)12-8-20-34-21-9-15-30(34)32(37)28-18-16-25(2)17-19-28/h4-19,21-22H,3,20,23-24H2,1-2H3/b12-8+. The minimum atomic E-state index is -0.640. The number of aromatic nitrogens is 1. The Morgan fingerprint density at radius 3 is 2.42 bits per heavy atom. The third-order valence-corrected chi connectivity index (χ3v) is 6.14. The Morgan fingerprint density at radius 1 is 0.900 bits per heavy atom. The molecule has 0 bridgehead atoms. The third kappa shape index (κ3) is 7.80. The van der Waals surface area contributed by atoms with E-state index < -0.39 is 12.1 Å². The largest absolute Gasteiger partial charge is 0.465 e. The molecule has 40 heavy (non-hydrogen) atoms. The third-order valence-electron chi connectivity index (χ3n) is 6.14. The van der Waals surface area contributed by atoms with E-state index in [4.69, 9.17) is 9.47 Å². The first-order valence-corrected chi connectivity index (χ1v) is 13.1. The Bertz CT molecular complexity index is 1470. The first-order chi connectivity index (χ1) is 19.4. The summed E-state index contributed by atoms with van der Waals surface area (Å²) in [5.74, 6) is -0.140. The molecule has 0 unspecified atom stereocenters. The Morgan fingerprint density at radius 2 is 1.68 bits per heavy atom. The lowest BCUT2D eigenvalue weighted by molar-refractivity contribution is -0.144. The van der Waals surface area contributed by atoms with E-state index in [1.54, 1.807) is 31.2 Å². The van der Waals surface area contributed by atoms with Crippen molar-refractivity contribution in [3.63, 3.8) is 0 Å². The van der Waals surface area contributed by atoms with Crippen LogP contribution in [0.3, 0.4) is 0 Å². The van der Waals surface area contributed by atoms with Gasteiger partial charge in [-0.25, -0.2) is 4.79 Å². The molecule has 0 fully saturated rings. The van der Waals surface area contributed by atoms with Gasteiger partial charge in [-0.3, -0.25) is 14.5 Å². The second kappa shape index (κ2) is 13.8. The number of hydrogen-bond donors (Lipinski definition) is 0. The highest BCUT2D eigenvalue weighted by Gasteiger charge is 2.21. The van der Waals surface area contributed by atoms with Gasteiger partial charge in [0.15, 0.2) is 0 Å². The first kappa shape index (κ1) is 28.1. The van der Waals surface area contributed by atoms with Gasteiger partial charge in [-0.2, -0.15) is 0 Å². The maximum Gasteiger partial charge on any atom is 0.416 e. The van der Waals surface area contributed by atoms with Crippen molar-refractivity contribution < 1.29 is 23.9 Å².